The highest BCUT2D eigenvalue weighted by Gasteiger charge is 2.16. The Bertz CT molecular complexity index is 891. The molecule has 0 spiro atoms. The molecule has 1 saturated heterocycles. The van der Waals surface area contributed by atoms with Gasteiger partial charge in [0, 0.05) is 26.3 Å². The first-order chi connectivity index (χ1) is 12.1. The van der Waals surface area contributed by atoms with Crippen molar-refractivity contribution in [2.24, 2.45) is 7.05 Å². The molecule has 25 heavy (non-hydrogen) atoms. The third-order valence-corrected chi connectivity index (χ3v) is 4.53. The van der Waals surface area contributed by atoms with Crippen molar-refractivity contribution in [2.75, 3.05) is 18.0 Å². The molecule has 8 heteroatoms. The van der Waals surface area contributed by atoms with Crippen LogP contribution in [0.15, 0.2) is 6.20 Å². The Balaban J connectivity index is 1.60. The highest BCUT2D eigenvalue weighted by atomic mass is 15.4. The third-order valence-electron chi connectivity index (χ3n) is 4.53. The van der Waals surface area contributed by atoms with Crippen LogP contribution in [0.4, 0.5) is 5.95 Å². The highest BCUT2D eigenvalue weighted by molar-refractivity contribution is 5.65. The molecule has 4 rings (SSSR count). The van der Waals surface area contributed by atoms with E-state index < -0.39 is 0 Å². The second kappa shape index (κ2) is 6.27. The molecule has 1 fully saturated rings. The van der Waals surface area contributed by atoms with Crippen molar-refractivity contribution < 1.29 is 0 Å². The Morgan fingerprint density at radius 2 is 1.80 bits per heavy atom. The van der Waals surface area contributed by atoms with E-state index in [9.17, 15) is 0 Å². The number of aryl methyl sites for hydroxylation is 3. The lowest BCUT2D eigenvalue weighted by Crippen LogP contribution is -2.30. The second-order valence-corrected chi connectivity index (χ2v) is 6.47. The minimum atomic E-state index is 0.640. The number of anilines is 1. The Hall–Kier alpha value is -2.77. The zero-order chi connectivity index (χ0) is 17.4. The summed E-state index contributed by atoms with van der Waals surface area (Å²) < 4.78 is 3.62. The topological polar surface area (TPSA) is 77.0 Å². The Morgan fingerprint density at radius 1 is 1.00 bits per heavy atom. The van der Waals surface area contributed by atoms with Gasteiger partial charge < -0.3 is 4.90 Å². The van der Waals surface area contributed by atoms with Crippen LogP contribution in [0.3, 0.4) is 0 Å². The molecule has 0 N–H and O–H groups in total. The van der Waals surface area contributed by atoms with E-state index in [0.29, 0.717) is 5.82 Å². The first-order valence-corrected chi connectivity index (χ1v) is 8.65. The van der Waals surface area contributed by atoms with Crippen LogP contribution in [0.25, 0.3) is 17.8 Å². The molecule has 0 aliphatic carbocycles. The maximum absolute atomic E-state index is 4.65. The van der Waals surface area contributed by atoms with Crippen LogP contribution < -0.4 is 4.90 Å². The van der Waals surface area contributed by atoms with Crippen LogP contribution in [0.2, 0.25) is 0 Å². The standard InChI is InChI=1S/C17H22N8/c1-12-11-18-13(2)16-19-14(21-25(12)16)7-8-15-20-17(22-23(15)3)24-9-5-4-6-10-24/h7-8,11H,4-6,9-10H2,1-3H3. The van der Waals surface area contributed by atoms with E-state index in [4.69, 9.17) is 0 Å². The van der Waals surface area contributed by atoms with Crippen LogP contribution in [-0.4, -0.2) is 47.4 Å². The lowest BCUT2D eigenvalue weighted by molar-refractivity contribution is 0.566. The van der Waals surface area contributed by atoms with Gasteiger partial charge in [0.05, 0.1) is 11.4 Å². The summed E-state index contributed by atoms with van der Waals surface area (Å²) in [5, 5.41) is 9.07. The second-order valence-electron chi connectivity index (χ2n) is 6.47. The summed E-state index contributed by atoms with van der Waals surface area (Å²) >= 11 is 0. The van der Waals surface area contributed by atoms with Gasteiger partial charge in [-0.1, -0.05) is 0 Å². The lowest BCUT2D eigenvalue weighted by atomic mass is 10.1. The summed E-state index contributed by atoms with van der Waals surface area (Å²) in [7, 11) is 1.91. The van der Waals surface area contributed by atoms with E-state index in [1.165, 1.54) is 19.3 Å². The van der Waals surface area contributed by atoms with E-state index >= 15 is 0 Å². The number of fused-ring (bicyclic) bond motifs is 1. The molecule has 0 aromatic carbocycles. The van der Waals surface area contributed by atoms with Crippen LogP contribution >= 0.6 is 0 Å². The van der Waals surface area contributed by atoms with E-state index in [-0.39, 0.29) is 0 Å². The van der Waals surface area contributed by atoms with Crippen molar-refractivity contribution in [2.45, 2.75) is 33.1 Å². The van der Waals surface area contributed by atoms with Gasteiger partial charge >= 0.3 is 0 Å². The first-order valence-electron chi connectivity index (χ1n) is 8.65. The van der Waals surface area contributed by atoms with E-state index in [1.807, 2.05) is 37.6 Å². The Kier molecular flexibility index (Phi) is 3.95. The Morgan fingerprint density at radius 3 is 2.56 bits per heavy atom. The highest BCUT2D eigenvalue weighted by Crippen LogP contribution is 2.17. The molecule has 0 unspecified atom stereocenters. The summed E-state index contributed by atoms with van der Waals surface area (Å²) in [6.45, 7) is 5.97. The number of nitrogens with zero attached hydrogens (tertiary/aromatic N) is 8. The average molecular weight is 338 g/mol. The van der Waals surface area contributed by atoms with E-state index in [1.54, 1.807) is 10.9 Å². The maximum atomic E-state index is 4.65. The number of piperidine rings is 1. The average Bonchev–Trinajstić information content (AvgIpc) is 3.22. The number of rotatable bonds is 3. The van der Waals surface area contributed by atoms with Gasteiger partial charge in [-0.15, -0.1) is 10.2 Å². The Labute approximate surface area is 146 Å². The molecule has 3 aromatic heterocycles. The number of aromatic nitrogens is 7. The van der Waals surface area contributed by atoms with Crippen molar-refractivity contribution in [3.8, 4) is 0 Å². The predicted octanol–water partition coefficient (Wildman–Crippen LogP) is 2.03. The smallest absolute Gasteiger partial charge is 0.245 e. The first kappa shape index (κ1) is 15.7. The minimum absolute atomic E-state index is 0.640. The molecule has 1 aliphatic rings. The molecule has 0 atom stereocenters. The largest absolute Gasteiger partial charge is 0.340 e. The molecule has 8 nitrogen and oxygen atoms in total. The summed E-state index contributed by atoms with van der Waals surface area (Å²) in [6.07, 6.45) is 9.30. The molecule has 1 aliphatic heterocycles. The zero-order valence-electron chi connectivity index (χ0n) is 14.8. The zero-order valence-corrected chi connectivity index (χ0v) is 14.8. The van der Waals surface area contributed by atoms with Crippen LogP contribution in [0.1, 0.15) is 42.3 Å². The SMILES string of the molecule is Cc1ncc(C)n2nc(C=Cc3nc(N4CCCCC4)nn3C)nc12. The third kappa shape index (κ3) is 2.99. The molecule has 3 aromatic rings. The van der Waals surface area contributed by atoms with Gasteiger partial charge in [-0.25, -0.2) is 14.2 Å². The maximum Gasteiger partial charge on any atom is 0.245 e. The van der Waals surface area contributed by atoms with Crippen molar-refractivity contribution in [3.63, 3.8) is 0 Å². The molecule has 0 bridgehead atoms. The van der Waals surface area contributed by atoms with Crippen LogP contribution in [0, 0.1) is 13.8 Å². The molecule has 0 saturated carbocycles. The van der Waals surface area contributed by atoms with Gasteiger partial charge in [0.25, 0.3) is 0 Å². The van der Waals surface area contributed by atoms with Crippen molar-refractivity contribution in [1.29, 1.82) is 0 Å². The van der Waals surface area contributed by atoms with Gasteiger partial charge in [-0.2, -0.15) is 4.98 Å². The van der Waals surface area contributed by atoms with E-state index in [2.05, 4.69) is 30.0 Å². The van der Waals surface area contributed by atoms with Crippen LogP contribution in [0.5, 0.6) is 0 Å². The minimum Gasteiger partial charge on any atom is -0.340 e. The van der Waals surface area contributed by atoms with Gasteiger partial charge in [0.15, 0.2) is 17.3 Å². The van der Waals surface area contributed by atoms with Gasteiger partial charge in [-0.3, -0.25) is 4.98 Å². The fraction of sp³-hybridized carbons (Fsp3) is 0.471. The lowest BCUT2D eigenvalue weighted by Gasteiger charge is -2.24. The summed E-state index contributed by atoms with van der Waals surface area (Å²) in [6, 6.07) is 0. The molecular weight excluding hydrogens is 316 g/mol. The monoisotopic (exact) mass is 338 g/mol. The summed E-state index contributed by atoms with van der Waals surface area (Å²) in [4.78, 5) is 15.8. The fourth-order valence-corrected chi connectivity index (χ4v) is 3.09. The van der Waals surface area contributed by atoms with E-state index in [0.717, 1.165) is 41.9 Å². The predicted molar refractivity (Wildman–Crippen MR) is 96.3 cm³/mol. The van der Waals surface area contributed by atoms with Gasteiger partial charge in [0.2, 0.25) is 5.95 Å². The van der Waals surface area contributed by atoms with Crippen molar-refractivity contribution >= 4 is 23.7 Å². The molecule has 130 valence electrons. The molecule has 0 amide bonds. The van der Waals surface area contributed by atoms with Crippen molar-refractivity contribution in [3.05, 3.63) is 29.2 Å². The number of hydrogen-bond acceptors (Lipinski definition) is 6. The van der Waals surface area contributed by atoms with Gasteiger partial charge in [-0.05, 0) is 45.3 Å². The summed E-state index contributed by atoms with van der Waals surface area (Å²) in [5.74, 6) is 2.24. The molecular formula is C17H22N8. The molecule has 4 heterocycles. The fourth-order valence-electron chi connectivity index (χ4n) is 3.09. The molecule has 0 radical (unpaired) electrons. The van der Waals surface area contributed by atoms with Gasteiger partial charge in [0.1, 0.15) is 0 Å². The van der Waals surface area contributed by atoms with Crippen molar-refractivity contribution in [1.82, 2.24) is 34.3 Å². The number of hydrogen-bond donors (Lipinski definition) is 0. The summed E-state index contributed by atoms with van der Waals surface area (Å²) in [5.41, 5.74) is 2.61. The van der Waals surface area contributed by atoms with Crippen LogP contribution in [-0.2, 0) is 7.05 Å². The normalized spacial score (nSPS) is 15.6. The quantitative estimate of drug-likeness (QED) is 0.727.